The maximum absolute atomic E-state index is 2.27. The first-order valence-corrected chi connectivity index (χ1v) is 6.39. The summed E-state index contributed by atoms with van der Waals surface area (Å²) in [4.78, 5) is 0. The van der Waals surface area contributed by atoms with E-state index in [-0.39, 0.29) is 0 Å². The lowest BCUT2D eigenvalue weighted by atomic mass is 9.86. The first kappa shape index (κ1) is 11.3. The van der Waals surface area contributed by atoms with Crippen LogP contribution in [0.5, 0.6) is 0 Å². The molecule has 0 N–H and O–H groups in total. The highest BCUT2D eigenvalue weighted by Gasteiger charge is 2.22. The zero-order valence-corrected chi connectivity index (χ0v) is 11.1. The van der Waals surface area contributed by atoms with E-state index in [1.165, 1.54) is 39.3 Å². The smallest absolute Gasteiger partial charge is 0.0568 e. The first-order valence-electron chi connectivity index (χ1n) is 6.39. The van der Waals surface area contributed by atoms with Crippen molar-refractivity contribution in [1.29, 1.82) is 0 Å². The molecule has 18 heavy (non-hydrogen) atoms. The molecule has 0 heteroatoms. The summed E-state index contributed by atoms with van der Waals surface area (Å²) < 4.78 is 0. The molecule has 89 valence electrons. The minimum absolute atomic E-state index is 1.33. The molecule has 0 bridgehead atoms. The Balaban J connectivity index is 2.16. The van der Waals surface area contributed by atoms with E-state index in [1.54, 1.807) is 0 Å². The number of benzene rings is 2. The van der Waals surface area contributed by atoms with Crippen molar-refractivity contribution in [1.82, 2.24) is 0 Å². The van der Waals surface area contributed by atoms with Gasteiger partial charge in [0.2, 0.25) is 0 Å². The van der Waals surface area contributed by atoms with Gasteiger partial charge in [-0.15, -0.1) is 0 Å². The van der Waals surface area contributed by atoms with E-state index in [4.69, 9.17) is 0 Å². The molecule has 0 aliphatic heterocycles. The van der Waals surface area contributed by atoms with Gasteiger partial charge in [-0.3, -0.25) is 0 Å². The van der Waals surface area contributed by atoms with Crippen LogP contribution in [-0.2, 0) is 0 Å². The highest BCUT2D eigenvalue weighted by Crippen LogP contribution is 2.37. The second kappa shape index (κ2) is 4.13. The predicted molar refractivity (Wildman–Crippen MR) is 77.6 cm³/mol. The average Bonchev–Trinajstić information content (AvgIpc) is 2.72. The lowest BCUT2D eigenvalue weighted by molar-refractivity contribution is 1.19. The Bertz CT molecular complexity index is 609. The standard InChI is InChI=1S/C18H17/c1-12-10-13(2)18(14(3)11-12)17-9-8-15-6-4-5-7-16(15)17/h4-11H,1-3H3. The third kappa shape index (κ3) is 1.69. The first-order chi connectivity index (χ1) is 8.66. The van der Waals surface area contributed by atoms with E-state index in [0.717, 1.165) is 0 Å². The van der Waals surface area contributed by atoms with Crippen molar-refractivity contribution in [2.75, 3.05) is 0 Å². The Morgan fingerprint density at radius 1 is 0.778 bits per heavy atom. The fraction of sp³-hybridized carbons (Fsp3) is 0.167. The van der Waals surface area contributed by atoms with E-state index >= 15 is 0 Å². The van der Waals surface area contributed by atoms with Crippen molar-refractivity contribution in [3.05, 3.63) is 81.8 Å². The van der Waals surface area contributed by atoms with Crippen molar-refractivity contribution < 1.29 is 0 Å². The Morgan fingerprint density at radius 3 is 2.17 bits per heavy atom. The van der Waals surface area contributed by atoms with Gasteiger partial charge in [0.1, 0.15) is 0 Å². The van der Waals surface area contributed by atoms with Crippen molar-refractivity contribution in [2.45, 2.75) is 20.8 Å². The molecule has 3 rings (SSSR count). The number of allylic oxidation sites excluding steroid dienone is 1. The van der Waals surface area contributed by atoms with Gasteiger partial charge in [-0.25, -0.2) is 0 Å². The van der Waals surface area contributed by atoms with Crippen LogP contribution in [0.15, 0.2) is 42.5 Å². The minimum Gasteiger partial charge on any atom is -0.0674 e. The molecule has 0 saturated carbocycles. The molecule has 0 aromatic heterocycles. The Kier molecular flexibility index (Phi) is 2.59. The van der Waals surface area contributed by atoms with Gasteiger partial charge in [0.25, 0.3) is 0 Å². The molecule has 0 spiro atoms. The zero-order valence-electron chi connectivity index (χ0n) is 11.1. The van der Waals surface area contributed by atoms with Crippen LogP contribution in [0.1, 0.15) is 33.4 Å². The monoisotopic (exact) mass is 233 g/mol. The maximum Gasteiger partial charge on any atom is 0.0568 e. The topological polar surface area (TPSA) is 0 Å². The summed E-state index contributed by atoms with van der Waals surface area (Å²) in [6.45, 7) is 6.57. The molecule has 0 saturated heterocycles. The van der Waals surface area contributed by atoms with E-state index in [0.29, 0.717) is 0 Å². The molecular weight excluding hydrogens is 216 g/mol. The molecule has 2 aromatic rings. The number of fused-ring (bicyclic) bond motifs is 1. The highest BCUT2D eigenvalue weighted by atomic mass is 14.2. The molecule has 1 aliphatic carbocycles. The molecule has 1 radical (unpaired) electrons. The van der Waals surface area contributed by atoms with Gasteiger partial charge in [-0.1, -0.05) is 54.1 Å². The van der Waals surface area contributed by atoms with Crippen LogP contribution >= 0.6 is 0 Å². The van der Waals surface area contributed by atoms with Crippen molar-refractivity contribution in [3.8, 4) is 0 Å². The normalized spacial score (nSPS) is 13.9. The molecule has 0 heterocycles. The lowest BCUT2D eigenvalue weighted by Gasteiger charge is -2.17. The van der Waals surface area contributed by atoms with Crippen LogP contribution in [0.25, 0.3) is 6.08 Å². The Morgan fingerprint density at radius 2 is 1.44 bits per heavy atom. The fourth-order valence-corrected chi connectivity index (χ4v) is 2.97. The summed E-state index contributed by atoms with van der Waals surface area (Å²) in [6.07, 6.45) is 4.46. The number of hydrogen-bond donors (Lipinski definition) is 0. The van der Waals surface area contributed by atoms with Gasteiger partial charge in [0.05, 0.1) is 5.92 Å². The van der Waals surface area contributed by atoms with E-state index in [2.05, 4.69) is 69.3 Å². The third-order valence-corrected chi connectivity index (χ3v) is 3.63. The van der Waals surface area contributed by atoms with Crippen molar-refractivity contribution >= 4 is 6.08 Å². The molecule has 0 amide bonds. The van der Waals surface area contributed by atoms with E-state index in [9.17, 15) is 0 Å². The summed E-state index contributed by atoms with van der Waals surface area (Å²) in [5, 5.41) is 0. The van der Waals surface area contributed by atoms with Crippen LogP contribution in [0.2, 0.25) is 0 Å². The van der Waals surface area contributed by atoms with Crippen LogP contribution in [-0.4, -0.2) is 0 Å². The number of hydrogen-bond acceptors (Lipinski definition) is 0. The molecule has 2 aromatic carbocycles. The largest absolute Gasteiger partial charge is 0.0674 e. The Labute approximate surface area is 109 Å². The third-order valence-electron chi connectivity index (χ3n) is 3.63. The molecule has 0 nitrogen and oxygen atoms in total. The SMILES string of the molecule is Cc1cc(C)c([C]2C=Cc3ccccc32)c(C)c1. The van der Waals surface area contributed by atoms with Gasteiger partial charge in [0.15, 0.2) is 0 Å². The highest BCUT2D eigenvalue weighted by molar-refractivity contribution is 5.74. The zero-order chi connectivity index (χ0) is 12.7. The van der Waals surface area contributed by atoms with E-state index in [1.807, 2.05) is 0 Å². The van der Waals surface area contributed by atoms with E-state index < -0.39 is 0 Å². The number of aryl methyl sites for hydroxylation is 3. The van der Waals surface area contributed by atoms with Crippen molar-refractivity contribution in [2.24, 2.45) is 0 Å². The average molecular weight is 233 g/mol. The van der Waals surface area contributed by atoms with Gasteiger partial charge in [-0.05, 0) is 48.6 Å². The maximum atomic E-state index is 2.27. The number of rotatable bonds is 1. The van der Waals surface area contributed by atoms with Gasteiger partial charge in [-0.2, -0.15) is 0 Å². The van der Waals surface area contributed by atoms with Crippen LogP contribution in [0.3, 0.4) is 0 Å². The van der Waals surface area contributed by atoms with Crippen LogP contribution in [0, 0.1) is 26.7 Å². The van der Waals surface area contributed by atoms with Gasteiger partial charge >= 0.3 is 0 Å². The Hall–Kier alpha value is -1.82. The molecule has 1 aliphatic rings. The van der Waals surface area contributed by atoms with Crippen LogP contribution < -0.4 is 0 Å². The summed E-state index contributed by atoms with van der Waals surface area (Å²) >= 11 is 0. The van der Waals surface area contributed by atoms with Gasteiger partial charge in [0, 0.05) is 0 Å². The summed E-state index contributed by atoms with van der Waals surface area (Å²) in [7, 11) is 0. The summed E-state index contributed by atoms with van der Waals surface area (Å²) in [5.41, 5.74) is 8.14. The second-order valence-electron chi connectivity index (χ2n) is 5.11. The molecule has 0 atom stereocenters. The van der Waals surface area contributed by atoms with Gasteiger partial charge < -0.3 is 0 Å². The molecule has 0 unspecified atom stereocenters. The van der Waals surface area contributed by atoms with Crippen LogP contribution in [0.4, 0.5) is 0 Å². The summed E-state index contributed by atoms with van der Waals surface area (Å²) in [6, 6.07) is 13.1. The molecule has 0 fully saturated rings. The molecular formula is C18H17. The van der Waals surface area contributed by atoms with Crippen molar-refractivity contribution in [3.63, 3.8) is 0 Å². The minimum atomic E-state index is 1.33. The second-order valence-corrected chi connectivity index (χ2v) is 5.11. The predicted octanol–water partition coefficient (Wildman–Crippen LogP) is 4.61. The lowest BCUT2D eigenvalue weighted by Crippen LogP contribution is -2.03. The fourth-order valence-electron chi connectivity index (χ4n) is 2.97. The quantitative estimate of drug-likeness (QED) is 0.674. The summed E-state index contributed by atoms with van der Waals surface area (Å²) in [5.74, 6) is 1.36.